The van der Waals surface area contributed by atoms with Crippen LogP contribution in [0, 0.1) is 11.3 Å². The molecule has 0 radical (unpaired) electrons. The first-order valence-corrected chi connectivity index (χ1v) is 8.42. The quantitative estimate of drug-likeness (QED) is 0.732. The summed E-state index contributed by atoms with van der Waals surface area (Å²) in [5, 5.41) is 13.6. The summed E-state index contributed by atoms with van der Waals surface area (Å²) in [6.45, 7) is 0.519. The second-order valence-electron chi connectivity index (χ2n) is 6.46. The molecule has 132 valence electrons. The zero-order valence-corrected chi connectivity index (χ0v) is 14.0. The van der Waals surface area contributed by atoms with Gasteiger partial charge in [0.1, 0.15) is 17.6 Å². The molecule has 0 saturated carbocycles. The van der Waals surface area contributed by atoms with Crippen molar-refractivity contribution in [1.29, 1.82) is 5.26 Å². The van der Waals surface area contributed by atoms with Gasteiger partial charge in [0, 0.05) is 55.1 Å². The maximum absolute atomic E-state index is 13.4. The van der Waals surface area contributed by atoms with E-state index in [9.17, 15) is 14.0 Å². The number of nitrogens with zero attached hydrogens (tertiary/aromatic N) is 3. The van der Waals surface area contributed by atoms with E-state index in [-0.39, 0.29) is 31.6 Å². The highest BCUT2D eigenvalue weighted by Crippen LogP contribution is 2.32. The van der Waals surface area contributed by atoms with Crippen molar-refractivity contribution in [3.05, 3.63) is 48.3 Å². The minimum Gasteiger partial charge on any atom is -0.371 e. The Bertz CT molecular complexity index is 979. The molecule has 2 aromatic heterocycles. The van der Waals surface area contributed by atoms with E-state index < -0.39 is 5.92 Å². The zero-order chi connectivity index (χ0) is 18.1. The lowest BCUT2D eigenvalue weighted by Gasteiger charge is -2.33. The standard InChI is InChI=1S/C19H17F2N5/c20-19(21)4-7-26(8-5-19)16-9-15(12-22)25-18(11-16)24-14-2-1-13-3-6-23-17(13)10-14/h1-3,6,9-11,23H,4-5,7-8H2,(H,24,25). The number of pyridine rings is 1. The Morgan fingerprint density at radius 3 is 2.73 bits per heavy atom. The number of fused-ring (bicyclic) bond motifs is 1. The first-order valence-electron chi connectivity index (χ1n) is 8.42. The van der Waals surface area contributed by atoms with Crippen molar-refractivity contribution in [2.24, 2.45) is 0 Å². The van der Waals surface area contributed by atoms with E-state index in [1.807, 2.05) is 41.4 Å². The van der Waals surface area contributed by atoms with Crippen LogP contribution >= 0.6 is 0 Å². The molecule has 0 atom stereocenters. The van der Waals surface area contributed by atoms with E-state index in [0.717, 1.165) is 22.3 Å². The van der Waals surface area contributed by atoms with Crippen molar-refractivity contribution in [2.75, 3.05) is 23.3 Å². The van der Waals surface area contributed by atoms with Crippen LogP contribution in [0.4, 0.5) is 26.0 Å². The number of piperidine rings is 1. The molecule has 1 aromatic carbocycles. The van der Waals surface area contributed by atoms with Crippen molar-refractivity contribution in [1.82, 2.24) is 9.97 Å². The third kappa shape index (κ3) is 3.31. The second-order valence-corrected chi connectivity index (χ2v) is 6.46. The average Bonchev–Trinajstić information content (AvgIpc) is 3.09. The number of hydrogen-bond acceptors (Lipinski definition) is 4. The number of nitriles is 1. The topological polar surface area (TPSA) is 67.7 Å². The molecule has 3 aromatic rings. The summed E-state index contributed by atoms with van der Waals surface area (Å²) < 4.78 is 26.8. The molecule has 26 heavy (non-hydrogen) atoms. The summed E-state index contributed by atoms with van der Waals surface area (Å²) in [7, 11) is 0. The number of nitrogens with one attached hydrogen (secondary N) is 2. The van der Waals surface area contributed by atoms with Gasteiger partial charge in [-0.1, -0.05) is 6.07 Å². The fourth-order valence-electron chi connectivity index (χ4n) is 3.19. The summed E-state index contributed by atoms with van der Waals surface area (Å²) in [5.74, 6) is -2.09. The van der Waals surface area contributed by atoms with Crippen LogP contribution in [0.2, 0.25) is 0 Å². The molecular formula is C19H17F2N5. The number of rotatable bonds is 3. The molecule has 1 aliphatic rings. The molecule has 2 N–H and O–H groups in total. The van der Waals surface area contributed by atoms with Crippen molar-refractivity contribution in [3.63, 3.8) is 0 Å². The number of halogens is 2. The first kappa shape index (κ1) is 16.3. The van der Waals surface area contributed by atoms with E-state index in [1.54, 1.807) is 12.1 Å². The Kier molecular flexibility index (Phi) is 3.96. The van der Waals surface area contributed by atoms with E-state index in [1.165, 1.54) is 0 Å². The van der Waals surface area contributed by atoms with Gasteiger partial charge in [0.15, 0.2) is 0 Å². The van der Waals surface area contributed by atoms with Gasteiger partial charge in [-0.25, -0.2) is 13.8 Å². The molecule has 0 amide bonds. The van der Waals surface area contributed by atoms with Crippen LogP contribution in [0.5, 0.6) is 0 Å². The van der Waals surface area contributed by atoms with E-state index in [0.29, 0.717) is 5.82 Å². The Morgan fingerprint density at radius 2 is 1.96 bits per heavy atom. The lowest BCUT2D eigenvalue weighted by atomic mass is 10.1. The molecule has 1 saturated heterocycles. The van der Waals surface area contributed by atoms with Crippen molar-refractivity contribution in [2.45, 2.75) is 18.8 Å². The maximum Gasteiger partial charge on any atom is 0.251 e. The van der Waals surface area contributed by atoms with E-state index in [4.69, 9.17) is 0 Å². The molecular weight excluding hydrogens is 336 g/mol. The first-order chi connectivity index (χ1) is 12.5. The van der Waals surface area contributed by atoms with Crippen LogP contribution in [0.3, 0.4) is 0 Å². The molecule has 5 nitrogen and oxygen atoms in total. The maximum atomic E-state index is 13.4. The Balaban J connectivity index is 1.60. The molecule has 1 aliphatic heterocycles. The molecule has 7 heteroatoms. The summed E-state index contributed by atoms with van der Waals surface area (Å²) in [6, 6.07) is 13.3. The van der Waals surface area contributed by atoms with Gasteiger partial charge in [-0.2, -0.15) is 5.26 Å². The lowest BCUT2D eigenvalue weighted by Crippen LogP contribution is -2.39. The monoisotopic (exact) mass is 353 g/mol. The smallest absolute Gasteiger partial charge is 0.251 e. The molecule has 0 aliphatic carbocycles. The normalized spacial score (nSPS) is 16.4. The van der Waals surface area contributed by atoms with Gasteiger partial charge >= 0.3 is 0 Å². The molecule has 3 heterocycles. The lowest BCUT2D eigenvalue weighted by molar-refractivity contribution is -0.0220. The van der Waals surface area contributed by atoms with Gasteiger partial charge in [0.25, 0.3) is 5.92 Å². The van der Waals surface area contributed by atoms with Gasteiger partial charge < -0.3 is 15.2 Å². The number of benzene rings is 1. The van der Waals surface area contributed by atoms with Crippen LogP contribution < -0.4 is 10.2 Å². The molecule has 1 fully saturated rings. The second kappa shape index (κ2) is 6.30. The highest BCUT2D eigenvalue weighted by molar-refractivity contribution is 5.83. The number of hydrogen-bond donors (Lipinski definition) is 2. The minimum absolute atomic E-state index is 0.177. The minimum atomic E-state index is -2.60. The highest BCUT2D eigenvalue weighted by atomic mass is 19.3. The fraction of sp³-hybridized carbons (Fsp3) is 0.263. The number of anilines is 3. The van der Waals surface area contributed by atoms with Gasteiger partial charge in [-0.05, 0) is 29.7 Å². The van der Waals surface area contributed by atoms with Crippen LogP contribution in [-0.4, -0.2) is 29.0 Å². The predicted octanol–water partition coefficient (Wildman–Crippen LogP) is 4.41. The molecule has 4 rings (SSSR count). The van der Waals surface area contributed by atoms with Crippen molar-refractivity contribution in [3.8, 4) is 6.07 Å². The highest BCUT2D eigenvalue weighted by Gasteiger charge is 2.34. The van der Waals surface area contributed by atoms with Crippen LogP contribution in [0.1, 0.15) is 18.5 Å². The third-order valence-electron chi connectivity index (χ3n) is 4.61. The average molecular weight is 353 g/mol. The number of H-pyrrole nitrogens is 1. The predicted molar refractivity (Wildman–Crippen MR) is 96.9 cm³/mol. The number of aromatic amines is 1. The van der Waals surface area contributed by atoms with Gasteiger partial charge in [-0.15, -0.1) is 0 Å². The van der Waals surface area contributed by atoms with Gasteiger partial charge in [-0.3, -0.25) is 0 Å². The molecule has 0 unspecified atom stereocenters. The summed E-state index contributed by atoms with van der Waals surface area (Å²) in [4.78, 5) is 9.30. The Morgan fingerprint density at radius 1 is 1.15 bits per heavy atom. The summed E-state index contributed by atoms with van der Waals surface area (Å²) in [5.41, 5.74) is 2.81. The Labute approximate surface area is 149 Å². The molecule has 0 bridgehead atoms. The van der Waals surface area contributed by atoms with Crippen LogP contribution in [0.15, 0.2) is 42.6 Å². The zero-order valence-electron chi connectivity index (χ0n) is 14.0. The van der Waals surface area contributed by atoms with Crippen molar-refractivity contribution >= 4 is 28.1 Å². The molecule has 0 spiro atoms. The third-order valence-corrected chi connectivity index (χ3v) is 4.61. The van der Waals surface area contributed by atoms with Gasteiger partial charge in [0.2, 0.25) is 0 Å². The number of alkyl halides is 2. The fourth-order valence-corrected chi connectivity index (χ4v) is 3.19. The summed E-state index contributed by atoms with van der Waals surface area (Å²) >= 11 is 0. The van der Waals surface area contributed by atoms with Crippen LogP contribution in [-0.2, 0) is 0 Å². The van der Waals surface area contributed by atoms with Gasteiger partial charge in [0.05, 0.1) is 0 Å². The van der Waals surface area contributed by atoms with Crippen LogP contribution in [0.25, 0.3) is 10.9 Å². The van der Waals surface area contributed by atoms with E-state index >= 15 is 0 Å². The van der Waals surface area contributed by atoms with Crippen molar-refractivity contribution < 1.29 is 8.78 Å². The largest absolute Gasteiger partial charge is 0.371 e. The number of aromatic nitrogens is 2. The Hall–Kier alpha value is -3.14. The van der Waals surface area contributed by atoms with E-state index in [2.05, 4.69) is 15.3 Å². The summed E-state index contributed by atoms with van der Waals surface area (Å²) in [6.07, 6.45) is 1.51. The SMILES string of the molecule is N#Cc1cc(N2CCC(F)(F)CC2)cc(Nc2ccc3cc[nH]c3c2)n1.